The maximum absolute atomic E-state index is 12.1. The second-order valence-electron chi connectivity index (χ2n) is 8.78. The molecule has 2 aliphatic rings. The van der Waals surface area contributed by atoms with Crippen LogP contribution in [0.3, 0.4) is 0 Å². The summed E-state index contributed by atoms with van der Waals surface area (Å²) in [5.41, 5.74) is -0.465. The first kappa shape index (κ1) is 23.3. The Morgan fingerprint density at radius 1 is 1.14 bits per heavy atom. The van der Waals surface area contributed by atoms with Gasteiger partial charge in [0, 0.05) is 19.4 Å². The van der Waals surface area contributed by atoms with Crippen molar-refractivity contribution in [2.75, 3.05) is 33.2 Å². The molecule has 0 unspecified atom stereocenters. The van der Waals surface area contributed by atoms with Crippen molar-refractivity contribution in [3.05, 3.63) is 12.2 Å². The fraction of sp³-hybridized carbons (Fsp3) is 0.750. The molecule has 0 aromatic rings. The van der Waals surface area contributed by atoms with E-state index in [4.69, 9.17) is 14.0 Å². The highest BCUT2D eigenvalue weighted by molar-refractivity contribution is 6.49. The summed E-state index contributed by atoms with van der Waals surface area (Å²) in [6.45, 7) is 7.24. The summed E-state index contributed by atoms with van der Waals surface area (Å²) in [5, 5.41) is 0. The number of nitrogens with zero attached hydrogens (tertiary/aromatic N) is 2. The van der Waals surface area contributed by atoms with E-state index in [0.29, 0.717) is 12.2 Å². The quantitative estimate of drug-likeness (QED) is 0.510. The van der Waals surface area contributed by atoms with Gasteiger partial charge in [-0.15, -0.1) is 0 Å². The van der Waals surface area contributed by atoms with E-state index in [9.17, 15) is 14.4 Å². The number of hydrogen-bond acceptors (Lipinski definition) is 7. The lowest BCUT2D eigenvalue weighted by Gasteiger charge is -2.33. The van der Waals surface area contributed by atoms with Crippen LogP contribution >= 0.6 is 0 Å². The number of likely N-dealkylation sites (N-methyl/N-ethyl adjacent to an activating group) is 1. The van der Waals surface area contributed by atoms with Crippen molar-refractivity contribution in [1.29, 1.82) is 0 Å². The van der Waals surface area contributed by atoms with Crippen LogP contribution in [0.2, 0.25) is 6.32 Å². The van der Waals surface area contributed by atoms with E-state index in [1.54, 1.807) is 16.8 Å². The van der Waals surface area contributed by atoms with Gasteiger partial charge in [0.15, 0.2) is 0 Å². The van der Waals surface area contributed by atoms with Crippen LogP contribution in [0.1, 0.15) is 46.5 Å². The van der Waals surface area contributed by atoms with E-state index in [2.05, 4.69) is 0 Å². The van der Waals surface area contributed by atoms with Gasteiger partial charge < -0.3 is 18.9 Å². The molecule has 9 heteroatoms. The number of likely N-dealkylation sites (tertiary alicyclic amines) is 1. The van der Waals surface area contributed by atoms with Crippen molar-refractivity contribution in [2.24, 2.45) is 5.92 Å². The lowest BCUT2D eigenvalue weighted by Crippen LogP contribution is -2.42. The molecule has 2 saturated heterocycles. The number of rotatable bonds is 5. The highest BCUT2D eigenvalue weighted by Gasteiger charge is 2.30. The third-order valence-corrected chi connectivity index (χ3v) is 4.83. The van der Waals surface area contributed by atoms with Crippen molar-refractivity contribution in [3.8, 4) is 0 Å². The molecule has 2 heterocycles. The van der Waals surface area contributed by atoms with Crippen LogP contribution in [-0.4, -0.2) is 73.8 Å². The lowest BCUT2D eigenvalue weighted by atomic mass is 9.83. The molecule has 0 radical (unpaired) electrons. The molecule has 0 saturated carbocycles. The Morgan fingerprint density at radius 3 is 2.28 bits per heavy atom. The number of ether oxygens (including phenoxy) is 1. The van der Waals surface area contributed by atoms with Gasteiger partial charge in [-0.3, -0.25) is 14.5 Å². The van der Waals surface area contributed by atoms with Gasteiger partial charge in [0.2, 0.25) is 0 Å². The molecule has 8 nitrogen and oxygen atoms in total. The van der Waals surface area contributed by atoms with Crippen LogP contribution < -0.4 is 0 Å². The molecule has 0 aromatic carbocycles. The predicted molar refractivity (Wildman–Crippen MR) is 109 cm³/mol. The first-order chi connectivity index (χ1) is 13.6. The highest BCUT2D eigenvalue weighted by atomic mass is 16.6. The molecule has 0 aromatic heterocycles. The van der Waals surface area contributed by atoms with Crippen LogP contribution in [0, 0.1) is 5.92 Å². The number of carbonyl (C=O) groups is 3. The SMILES string of the molecule is CN1CC(=O)OB(C/C=C/CCC2CCN(C(=O)OC(C)(C)C)CC2)OC(=O)C1. The van der Waals surface area contributed by atoms with Crippen molar-refractivity contribution in [3.63, 3.8) is 0 Å². The van der Waals surface area contributed by atoms with Crippen molar-refractivity contribution in [2.45, 2.75) is 58.4 Å². The Kier molecular flexibility index (Phi) is 8.55. The fourth-order valence-corrected chi connectivity index (χ4v) is 3.37. The average Bonchev–Trinajstić information content (AvgIpc) is 2.58. The monoisotopic (exact) mass is 408 g/mol. The maximum atomic E-state index is 12.1. The smallest absolute Gasteiger partial charge is 0.498 e. The van der Waals surface area contributed by atoms with Crippen LogP contribution in [0.15, 0.2) is 12.2 Å². The zero-order valence-corrected chi connectivity index (χ0v) is 18.0. The van der Waals surface area contributed by atoms with Crippen molar-refractivity contribution in [1.82, 2.24) is 9.80 Å². The van der Waals surface area contributed by atoms with Gasteiger partial charge in [-0.1, -0.05) is 12.2 Å². The predicted octanol–water partition coefficient (Wildman–Crippen LogP) is 2.49. The topological polar surface area (TPSA) is 85.4 Å². The summed E-state index contributed by atoms with van der Waals surface area (Å²) in [6.07, 6.45) is 7.93. The molecular weight excluding hydrogens is 375 g/mol. The summed E-state index contributed by atoms with van der Waals surface area (Å²) in [7, 11) is 0.817. The van der Waals surface area contributed by atoms with E-state index in [0.717, 1.165) is 38.8 Å². The van der Waals surface area contributed by atoms with E-state index >= 15 is 0 Å². The number of amides is 1. The molecule has 0 bridgehead atoms. The summed E-state index contributed by atoms with van der Waals surface area (Å²) < 4.78 is 15.8. The number of carbonyl (C=O) groups excluding carboxylic acids is 3. The Morgan fingerprint density at radius 2 is 1.72 bits per heavy atom. The summed E-state index contributed by atoms with van der Waals surface area (Å²) in [4.78, 5) is 38.8. The van der Waals surface area contributed by atoms with Crippen molar-refractivity contribution < 1.29 is 28.4 Å². The van der Waals surface area contributed by atoms with Gasteiger partial charge in [-0.25, -0.2) is 4.79 Å². The number of hydrogen-bond donors (Lipinski definition) is 0. The summed E-state index contributed by atoms with van der Waals surface area (Å²) in [5.74, 6) is -0.212. The minimum Gasteiger partial charge on any atom is -0.498 e. The van der Waals surface area contributed by atoms with Gasteiger partial charge in [0.25, 0.3) is 0 Å². The zero-order valence-electron chi connectivity index (χ0n) is 18.0. The largest absolute Gasteiger partial charge is 0.602 e. The molecule has 0 spiro atoms. The van der Waals surface area contributed by atoms with Crippen LogP contribution in [0.25, 0.3) is 0 Å². The Hall–Kier alpha value is -2.03. The molecule has 0 atom stereocenters. The molecule has 2 rings (SSSR count). The number of allylic oxidation sites excluding steroid dienone is 2. The van der Waals surface area contributed by atoms with Crippen molar-refractivity contribution >= 4 is 25.2 Å². The van der Waals surface area contributed by atoms with Crippen LogP contribution in [-0.2, 0) is 23.6 Å². The average molecular weight is 408 g/mol. The first-order valence-electron chi connectivity index (χ1n) is 10.3. The maximum Gasteiger partial charge on any atom is 0.602 e. The standard InChI is InChI=1S/C20H33BN2O6/c1-20(2,3)27-19(26)23-12-9-16(10-13-23)8-6-5-7-11-21-28-17(24)14-22(4)15-18(25)29-21/h5,7,16H,6,8-15H2,1-4H3/b7-5+. The van der Waals surface area contributed by atoms with Gasteiger partial charge in [-0.05, 0) is 59.4 Å². The molecule has 0 N–H and O–H groups in total. The molecular formula is C20H33BN2O6. The van der Waals surface area contributed by atoms with E-state index in [1.807, 2.05) is 32.9 Å². The molecule has 162 valence electrons. The summed E-state index contributed by atoms with van der Waals surface area (Å²) in [6, 6.07) is 0. The second kappa shape index (κ2) is 10.7. The lowest BCUT2D eigenvalue weighted by molar-refractivity contribution is -0.145. The van der Waals surface area contributed by atoms with E-state index in [-0.39, 0.29) is 19.2 Å². The molecule has 29 heavy (non-hydrogen) atoms. The molecule has 1 amide bonds. The fourth-order valence-electron chi connectivity index (χ4n) is 3.37. The third-order valence-electron chi connectivity index (χ3n) is 4.83. The zero-order chi connectivity index (χ0) is 21.4. The normalized spacial score (nSPS) is 20.3. The van der Waals surface area contributed by atoms with Gasteiger partial charge in [0.05, 0.1) is 13.1 Å². The second-order valence-corrected chi connectivity index (χ2v) is 8.78. The Bertz CT molecular complexity index is 591. The van der Waals surface area contributed by atoms with Gasteiger partial charge in [0.1, 0.15) is 5.60 Å². The van der Waals surface area contributed by atoms with E-state index < -0.39 is 24.7 Å². The minimum absolute atomic E-state index is 0.0807. The van der Waals surface area contributed by atoms with Gasteiger partial charge >= 0.3 is 25.2 Å². The molecule has 2 fully saturated rings. The van der Waals surface area contributed by atoms with Crippen LogP contribution in [0.5, 0.6) is 0 Å². The highest BCUT2D eigenvalue weighted by Crippen LogP contribution is 2.23. The first-order valence-corrected chi connectivity index (χ1v) is 10.3. The Balaban J connectivity index is 1.65. The van der Waals surface area contributed by atoms with Crippen LogP contribution in [0.4, 0.5) is 4.79 Å². The third kappa shape index (κ3) is 8.89. The summed E-state index contributed by atoms with van der Waals surface area (Å²) >= 11 is 0. The minimum atomic E-state index is -0.850. The van der Waals surface area contributed by atoms with E-state index in [1.165, 1.54) is 0 Å². The molecule has 0 aliphatic carbocycles. The van der Waals surface area contributed by atoms with Gasteiger partial charge in [-0.2, -0.15) is 0 Å². The Labute approximate surface area is 173 Å². The molecule has 2 aliphatic heterocycles. The number of piperidine rings is 1.